The maximum atomic E-state index is 12.7. The summed E-state index contributed by atoms with van der Waals surface area (Å²) in [6.45, 7) is 4.30. The maximum Gasteiger partial charge on any atom is 0.233 e. The van der Waals surface area contributed by atoms with Gasteiger partial charge in [-0.05, 0) is 31.1 Å². The van der Waals surface area contributed by atoms with Crippen molar-refractivity contribution in [2.24, 2.45) is 23.7 Å². The molecule has 0 aromatic carbocycles. The molecule has 1 aliphatic heterocycles. The van der Waals surface area contributed by atoms with E-state index in [0.717, 1.165) is 38.5 Å². The van der Waals surface area contributed by atoms with Crippen molar-refractivity contribution >= 4 is 11.8 Å². The van der Waals surface area contributed by atoms with Crippen molar-refractivity contribution in [2.75, 3.05) is 0 Å². The standard InChI is InChI=1S/C17H25NO2/c1-3-5-7-13(6-4-2)18-16(19)14-11-8-9-12(10-11)15(14)17(18)20/h8-9,11-15H,3-7,10H2,1-2H3. The summed E-state index contributed by atoms with van der Waals surface area (Å²) >= 11 is 0. The van der Waals surface area contributed by atoms with Gasteiger partial charge in [-0.3, -0.25) is 14.5 Å². The van der Waals surface area contributed by atoms with Crippen molar-refractivity contribution < 1.29 is 9.59 Å². The number of unbranched alkanes of at least 4 members (excludes halogenated alkanes) is 1. The fraction of sp³-hybridized carbons (Fsp3) is 0.765. The predicted molar refractivity (Wildman–Crippen MR) is 77.8 cm³/mol. The number of fused-ring (bicyclic) bond motifs is 5. The number of carbonyl (C=O) groups excluding carboxylic acids is 2. The molecular formula is C17H25NO2. The van der Waals surface area contributed by atoms with Gasteiger partial charge in [0.15, 0.2) is 0 Å². The largest absolute Gasteiger partial charge is 0.279 e. The number of imide groups is 1. The van der Waals surface area contributed by atoms with Crippen molar-refractivity contribution in [3.8, 4) is 0 Å². The lowest BCUT2D eigenvalue weighted by Crippen LogP contribution is -2.41. The van der Waals surface area contributed by atoms with E-state index >= 15 is 0 Å². The first-order valence-corrected chi connectivity index (χ1v) is 8.24. The molecule has 3 rings (SSSR count). The Morgan fingerprint density at radius 1 is 1.05 bits per heavy atom. The molecule has 110 valence electrons. The molecule has 0 radical (unpaired) electrons. The Hall–Kier alpha value is -1.12. The highest BCUT2D eigenvalue weighted by molar-refractivity contribution is 6.06. The van der Waals surface area contributed by atoms with Crippen LogP contribution in [0, 0.1) is 23.7 Å². The summed E-state index contributed by atoms with van der Waals surface area (Å²) in [5, 5.41) is 0. The summed E-state index contributed by atoms with van der Waals surface area (Å²) in [6, 6.07) is 0.143. The van der Waals surface area contributed by atoms with Crippen LogP contribution in [0.2, 0.25) is 0 Å². The third kappa shape index (κ3) is 1.94. The number of nitrogens with zero attached hydrogens (tertiary/aromatic N) is 1. The van der Waals surface area contributed by atoms with Gasteiger partial charge in [0.1, 0.15) is 0 Å². The monoisotopic (exact) mass is 275 g/mol. The van der Waals surface area contributed by atoms with E-state index in [2.05, 4.69) is 26.0 Å². The lowest BCUT2D eigenvalue weighted by Gasteiger charge is -2.27. The van der Waals surface area contributed by atoms with Gasteiger partial charge in [0, 0.05) is 6.04 Å². The van der Waals surface area contributed by atoms with Crippen LogP contribution in [0.15, 0.2) is 12.2 Å². The van der Waals surface area contributed by atoms with E-state index in [4.69, 9.17) is 0 Å². The van der Waals surface area contributed by atoms with Crippen LogP contribution in [0.25, 0.3) is 0 Å². The molecule has 0 aromatic heterocycles. The molecule has 3 aliphatic rings. The Bertz CT molecular complexity index is 412. The number of amides is 2. The zero-order valence-electron chi connectivity index (χ0n) is 12.5. The molecule has 5 atom stereocenters. The van der Waals surface area contributed by atoms with Gasteiger partial charge in [-0.15, -0.1) is 0 Å². The van der Waals surface area contributed by atoms with E-state index in [1.807, 2.05) is 0 Å². The molecule has 1 saturated heterocycles. The summed E-state index contributed by atoms with van der Waals surface area (Å²) in [6.07, 6.45) is 10.5. The summed E-state index contributed by atoms with van der Waals surface area (Å²) in [7, 11) is 0. The van der Waals surface area contributed by atoms with Crippen molar-refractivity contribution in [3.05, 3.63) is 12.2 Å². The van der Waals surface area contributed by atoms with E-state index in [1.165, 1.54) is 0 Å². The van der Waals surface area contributed by atoms with Crippen LogP contribution < -0.4 is 0 Å². The predicted octanol–water partition coefficient (Wildman–Crippen LogP) is 3.15. The van der Waals surface area contributed by atoms with Crippen LogP contribution in [-0.2, 0) is 9.59 Å². The Balaban J connectivity index is 1.80. The minimum Gasteiger partial charge on any atom is -0.279 e. The lowest BCUT2D eigenvalue weighted by atomic mass is 9.85. The second-order valence-corrected chi connectivity index (χ2v) is 6.63. The fourth-order valence-electron chi connectivity index (χ4n) is 4.46. The highest BCUT2D eigenvalue weighted by Gasteiger charge is 2.60. The second-order valence-electron chi connectivity index (χ2n) is 6.63. The van der Waals surface area contributed by atoms with Gasteiger partial charge >= 0.3 is 0 Å². The minimum atomic E-state index is -0.0292. The van der Waals surface area contributed by atoms with Crippen molar-refractivity contribution in [2.45, 2.75) is 58.4 Å². The van der Waals surface area contributed by atoms with E-state index < -0.39 is 0 Å². The maximum absolute atomic E-state index is 12.7. The van der Waals surface area contributed by atoms with Gasteiger partial charge in [-0.1, -0.05) is 45.3 Å². The van der Waals surface area contributed by atoms with Crippen LogP contribution in [0.1, 0.15) is 52.4 Å². The molecular weight excluding hydrogens is 250 g/mol. The number of likely N-dealkylation sites (tertiary alicyclic amines) is 1. The van der Waals surface area contributed by atoms with Crippen LogP contribution >= 0.6 is 0 Å². The van der Waals surface area contributed by atoms with Gasteiger partial charge < -0.3 is 0 Å². The lowest BCUT2D eigenvalue weighted by molar-refractivity contribution is -0.143. The molecule has 2 aliphatic carbocycles. The SMILES string of the molecule is CCCCC(CCC)N1C(=O)C2C3C=CC(C3)C2C1=O. The van der Waals surface area contributed by atoms with Gasteiger partial charge in [-0.25, -0.2) is 0 Å². The molecule has 20 heavy (non-hydrogen) atoms. The summed E-state index contributed by atoms with van der Waals surface area (Å²) < 4.78 is 0. The van der Waals surface area contributed by atoms with Gasteiger partial charge in [-0.2, -0.15) is 0 Å². The Labute approximate surface area is 121 Å². The van der Waals surface area contributed by atoms with E-state index in [-0.39, 0.29) is 29.7 Å². The highest BCUT2D eigenvalue weighted by atomic mass is 16.2. The van der Waals surface area contributed by atoms with E-state index in [9.17, 15) is 9.59 Å². The van der Waals surface area contributed by atoms with Crippen molar-refractivity contribution in [3.63, 3.8) is 0 Å². The first-order chi connectivity index (χ1) is 9.69. The molecule has 3 nitrogen and oxygen atoms in total. The summed E-state index contributed by atoms with van der Waals surface area (Å²) in [5.41, 5.74) is 0. The first kappa shape index (κ1) is 13.8. The topological polar surface area (TPSA) is 37.4 Å². The third-order valence-corrected chi connectivity index (χ3v) is 5.38. The van der Waals surface area contributed by atoms with E-state index in [1.54, 1.807) is 4.90 Å². The summed E-state index contributed by atoms with van der Waals surface area (Å²) in [4.78, 5) is 27.1. The Kier molecular flexibility index (Phi) is 3.70. The number of carbonyl (C=O) groups is 2. The van der Waals surface area contributed by atoms with Crippen LogP contribution in [0.4, 0.5) is 0 Å². The quantitative estimate of drug-likeness (QED) is 0.551. The van der Waals surface area contributed by atoms with Crippen LogP contribution in [0.5, 0.6) is 0 Å². The zero-order valence-corrected chi connectivity index (χ0v) is 12.5. The molecule has 0 spiro atoms. The molecule has 2 bridgehead atoms. The minimum absolute atomic E-state index is 0.0292. The normalized spacial score (nSPS) is 36.0. The van der Waals surface area contributed by atoms with Gasteiger partial charge in [0.2, 0.25) is 11.8 Å². The average molecular weight is 275 g/mol. The van der Waals surface area contributed by atoms with Crippen molar-refractivity contribution in [1.82, 2.24) is 4.90 Å². The third-order valence-electron chi connectivity index (χ3n) is 5.38. The molecule has 0 N–H and O–H groups in total. The Morgan fingerprint density at radius 3 is 2.15 bits per heavy atom. The van der Waals surface area contributed by atoms with Gasteiger partial charge in [0.25, 0.3) is 0 Å². The fourth-order valence-corrected chi connectivity index (χ4v) is 4.46. The number of hydrogen-bond acceptors (Lipinski definition) is 2. The number of allylic oxidation sites excluding steroid dienone is 2. The molecule has 2 fully saturated rings. The molecule has 0 aromatic rings. The molecule has 3 heteroatoms. The highest BCUT2D eigenvalue weighted by Crippen LogP contribution is 2.53. The Morgan fingerprint density at radius 2 is 1.65 bits per heavy atom. The number of rotatable bonds is 6. The molecule has 5 unspecified atom stereocenters. The molecule has 1 saturated carbocycles. The van der Waals surface area contributed by atoms with E-state index in [0.29, 0.717) is 11.8 Å². The van der Waals surface area contributed by atoms with Crippen LogP contribution in [-0.4, -0.2) is 22.8 Å². The number of hydrogen-bond donors (Lipinski definition) is 0. The summed E-state index contributed by atoms with van der Waals surface area (Å²) in [5.74, 6) is 0.870. The van der Waals surface area contributed by atoms with Gasteiger partial charge in [0.05, 0.1) is 11.8 Å². The first-order valence-electron chi connectivity index (χ1n) is 8.24. The molecule has 1 heterocycles. The second kappa shape index (κ2) is 5.34. The zero-order chi connectivity index (χ0) is 14.3. The smallest absolute Gasteiger partial charge is 0.233 e. The molecule has 2 amide bonds. The van der Waals surface area contributed by atoms with Crippen molar-refractivity contribution in [1.29, 1.82) is 0 Å². The average Bonchev–Trinajstić information content (AvgIpc) is 3.10. The van der Waals surface area contributed by atoms with Crippen LogP contribution in [0.3, 0.4) is 0 Å².